The van der Waals surface area contributed by atoms with Crippen LogP contribution in [0.4, 0.5) is 10.1 Å². The van der Waals surface area contributed by atoms with Crippen molar-refractivity contribution in [1.29, 1.82) is 0 Å². The van der Waals surface area contributed by atoms with Gasteiger partial charge in [-0.15, -0.1) is 0 Å². The number of nitro groups is 1. The number of piperidine rings is 1. The zero-order valence-corrected chi connectivity index (χ0v) is 11.3. The van der Waals surface area contributed by atoms with Crippen LogP contribution >= 0.6 is 0 Å². The summed E-state index contributed by atoms with van der Waals surface area (Å²) in [6, 6.07) is 2.72. The summed E-state index contributed by atoms with van der Waals surface area (Å²) in [5.41, 5.74) is -0.716. The molecule has 0 aromatic heterocycles. The molecule has 1 saturated carbocycles. The molecule has 2 atom stereocenters. The minimum atomic E-state index is -3.76. The van der Waals surface area contributed by atoms with Gasteiger partial charge < -0.3 is 0 Å². The maximum absolute atomic E-state index is 13.6. The van der Waals surface area contributed by atoms with Crippen molar-refractivity contribution in [2.75, 3.05) is 6.54 Å². The van der Waals surface area contributed by atoms with Gasteiger partial charge in [0.1, 0.15) is 0 Å². The fraction of sp³-hybridized carbons (Fsp3) is 0.500. The van der Waals surface area contributed by atoms with Crippen LogP contribution in [0.3, 0.4) is 0 Å². The number of hydrogen-bond acceptors (Lipinski definition) is 4. The minimum Gasteiger partial charge on any atom is -0.258 e. The fourth-order valence-corrected chi connectivity index (χ4v) is 4.86. The third-order valence-electron chi connectivity index (χ3n) is 4.08. The molecule has 0 amide bonds. The molecule has 1 aromatic rings. The normalized spacial score (nSPS) is 26.1. The van der Waals surface area contributed by atoms with Crippen LogP contribution in [0, 0.1) is 21.8 Å². The van der Waals surface area contributed by atoms with E-state index in [9.17, 15) is 22.9 Å². The Morgan fingerprint density at radius 1 is 1.35 bits per heavy atom. The van der Waals surface area contributed by atoms with Gasteiger partial charge in [-0.2, -0.15) is 8.70 Å². The molecule has 1 aliphatic carbocycles. The first kappa shape index (κ1) is 13.4. The molecule has 2 unspecified atom stereocenters. The van der Waals surface area contributed by atoms with Gasteiger partial charge in [-0.3, -0.25) is 10.1 Å². The number of sulfonamides is 1. The molecule has 20 heavy (non-hydrogen) atoms. The molecule has 0 spiro atoms. The van der Waals surface area contributed by atoms with Gasteiger partial charge in [-0.25, -0.2) is 8.42 Å². The van der Waals surface area contributed by atoms with Crippen molar-refractivity contribution in [2.24, 2.45) is 5.92 Å². The first-order chi connectivity index (χ1) is 9.39. The number of benzene rings is 1. The van der Waals surface area contributed by atoms with Crippen molar-refractivity contribution < 1.29 is 17.7 Å². The Balaban J connectivity index is 1.96. The van der Waals surface area contributed by atoms with Gasteiger partial charge >= 0.3 is 5.69 Å². The smallest absolute Gasteiger partial charge is 0.258 e. The van der Waals surface area contributed by atoms with Gasteiger partial charge in [0.25, 0.3) is 0 Å². The van der Waals surface area contributed by atoms with Crippen LogP contribution in [0.5, 0.6) is 0 Å². The van der Waals surface area contributed by atoms with Gasteiger partial charge in [0, 0.05) is 24.7 Å². The molecule has 0 N–H and O–H groups in total. The molecular formula is C12H13FN2O4S. The van der Waals surface area contributed by atoms with Crippen LogP contribution in [-0.2, 0) is 10.0 Å². The Morgan fingerprint density at radius 2 is 2.10 bits per heavy atom. The number of nitrogens with zero attached hydrogens (tertiary/aromatic N) is 2. The standard InChI is InChI=1S/C12H13FN2O4S/c13-11-6-10(3-4-12(11)15(16)17)20(18,19)14-7-8-1-2-9(14)5-8/h3-4,6,8-9H,1-2,5,7H2. The highest BCUT2D eigenvalue weighted by Gasteiger charge is 2.44. The maximum atomic E-state index is 13.6. The van der Waals surface area contributed by atoms with Crippen LogP contribution < -0.4 is 0 Å². The fourth-order valence-electron chi connectivity index (χ4n) is 3.11. The lowest BCUT2D eigenvalue weighted by molar-refractivity contribution is -0.387. The van der Waals surface area contributed by atoms with E-state index in [1.54, 1.807) is 0 Å². The van der Waals surface area contributed by atoms with Gasteiger partial charge in [0.15, 0.2) is 0 Å². The lowest BCUT2D eigenvalue weighted by atomic mass is 10.1. The van der Waals surface area contributed by atoms with Gasteiger partial charge in [0.05, 0.1) is 9.82 Å². The van der Waals surface area contributed by atoms with Crippen molar-refractivity contribution in [2.45, 2.75) is 30.2 Å². The second-order valence-corrected chi connectivity index (χ2v) is 7.17. The van der Waals surface area contributed by atoms with Crippen LogP contribution in [0.2, 0.25) is 0 Å². The zero-order chi connectivity index (χ0) is 14.5. The van der Waals surface area contributed by atoms with E-state index in [0.29, 0.717) is 12.5 Å². The molecule has 2 aliphatic rings. The predicted octanol–water partition coefficient (Wildman–Crippen LogP) is 1.91. The van der Waals surface area contributed by atoms with Gasteiger partial charge in [0.2, 0.25) is 15.8 Å². The van der Waals surface area contributed by atoms with Crippen LogP contribution in [0.25, 0.3) is 0 Å². The number of hydrogen-bond donors (Lipinski definition) is 0. The molecule has 3 rings (SSSR count). The summed E-state index contributed by atoms with van der Waals surface area (Å²) >= 11 is 0. The number of rotatable bonds is 3. The Bertz CT molecular complexity index is 676. The van der Waals surface area contributed by atoms with E-state index in [0.717, 1.165) is 37.5 Å². The van der Waals surface area contributed by atoms with E-state index in [1.807, 2.05) is 0 Å². The average Bonchev–Trinajstić information content (AvgIpc) is 3.00. The van der Waals surface area contributed by atoms with Crippen molar-refractivity contribution in [3.63, 3.8) is 0 Å². The van der Waals surface area contributed by atoms with Crippen molar-refractivity contribution >= 4 is 15.7 Å². The molecule has 2 fully saturated rings. The summed E-state index contributed by atoms with van der Waals surface area (Å²) < 4.78 is 39.9. The topological polar surface area (TPSA) is 80.5 Å². The quantitative estimate of drug-likeness (QED) is 0.631. The number of halogens is 1. The Morgan fingerprint density at radius 3 is 2.60 bits per heavy atom. The van der Waals surface area contributed by atoms with E-state index in [-0.39, 0.29) is 10.9 Å². The first-order valence-corrected chi connectivity index (χ1v) is 7.79. The van der Waals surface area contributed by atoms with Crippen LogP contribution in [-0.4, -0.2) is 30.2 Å². The second kappa shape index (κ2) is 4.49. The van der Waals surface area contributed by atoms with Gasteiger partial charge in [-0.1, -0.05) is 0 Å². The molecule has 6 nitrogen and oxygen atoms in total. The Labute approximate surface area is 115 Å². The van der Waals surface area contributed by atoms with Crippen molar-refractivity contribution in [1.82, 2.24) is 4.31 Å². The molecule has 8 heteroatoms. The van der Waals surface area contributed by atoms with E-state index < -0.39 is 26.5 Å². The SMILES string of the molecule is O=[N+]([O-])c1ccc(S(=O)(=O)N2CC3CCC2C3)cc1F. The molecular weight excluding hydrogens is 287 g/mol. The molecule has 108 valence electrons. The predicted molar refractivity (Wildman–Crippen MR) is 68.1 cm³/mol. The highest BCUT2D eigenvalue weighted by atomic mass is 32.2. The third-order valence-corrected chi connectivity index (χ3v) is 6.00. The highest BCUT2D eigenvalue weighted by Crippen LogP contribution is 2.40. The number of fused-ring (bicyclic) bond motifs is 2. The van der Waals surface area contributed by atoms with Crippen molar-refractivity contribution in [3.05, 3.63) is 34.1 Å². The van der Waals surface area contributed by atoms with Crippen molar-refractivity contribution in [3.8, 4) is 0 Å². The Kier molecular flexibility index (Phi) is 3.02. The summed E-state index contributed by atoms with van der Waals surface area (Å²) in [7, 11) is -3.76. The minimum absolute atomic E-state index is 0.0109. The molecule has 0 radical (unpaired) electrons. The van der Waals surface area contributed by atoms with E-state index in [1.165, 1.54) is 4.31 Å². The number of nitro benzene ring substituents is 1. The van der Waals surface area contributed by atoms with Gasteiger partial charge in [-0.05, 0) is 31.2 Å². The summed E-state index contributed by atoms with van der Waals surface area (Å²) in [4.78, 5) is 9.46. The average molecular weight is 300 g/mol. The van der Waals surface area contributed by atoms with E-state index in [2.05, 4.69) is 0 Å². The molecule has 1 aromatic carbocycles. The lowest BCUT2D eigenvalue weighted by Crippen LogP contribution is -2.37. The monoisotopic (exact) mass is 300 g/mol. The third kappa shape index (κ3) is 1.99. The molecule has 1 aliphatic heterocycles. The summed E-state index contributed by atoms with van der Waals surface area (Å²) in [6.45, 7) is 0.464. The van der Waals surface area contributed by atoms with E-state index in [4.69, 9.17) is 0 Å². The largest absolute Gasteiger partial charge is 0.304 e. The van der Waals surface area contributed by atoms with E-state index >= 15 is 0 Å². The lowest BCUT2D eigenvalue weighted by Gasteiger charge is -2.26. The van der Waals surface area contributed by atoms with Crippen LogP contribution in [0.1, 0.15) is 19.3 Å². The second-order valence-electron chi connectivity index (χ2n) is 5.28. The Hall–Kier alpha value is -1.54. The molecule has 2 bridgehead atoms. The maximum Gasteiger partial charge on any atom is 0.304 e. The first-order valence-electron chi connectivity index (χ1n) is 6.35. The molecule has 1 heterocycles. The summed E-state index contributed by atoms with van der Waals surface area (Å²) in [5.74, 6) is -0.738. The zero-order valence-electron chi connectivity index (χ0n) is 10.5. The highest BCUT2D eigenvalue weighted by molar-refractivity contribution is 7.89. The summed E-state index contributed by atoms with van der Waals surface area (Å²) in [6.07, 6.45) is 2.72. The van der Waals surface area contributed by atoms with Crippen LogP contribution in [0.15, 0.2) is 23.1 Å². The molecule has 1 saturated heterocycles. The summed E-state index contributed by atoms with van der Waals surface area (Å²) in [5, 5.41) is 10.5.